The fourth-order valence-electron chi connectivity index (χ4n) is 1.34. The summed E-state index contributed by atoms with van der Waals surface area (Å²) in [5, 5.41) is 2.93. The van der Waals surface area contributed by atoms with Crippen molar-refractivity contribution in [3.63, 3.8) is 0 Å². The maximum absolute atomic E-state index is 10.7. The predicted molar refractivity (Wildman–Crippen MR) is 52.4 cm³/mol. The Kier molecular flexibility index (Phi) is 3.58. The lowest BCUT2D eigenvalue weighted by atomic mass is 10.1. The van der Waals surface area contributed by atoms with Gasteiger partial charge in [0.1, 0.15) is 0 Å². The van der Waals surface area contributed by atoms with Crippen LogP contribution in [0, 0.1) is 0 Å². The summed E-state index contributed by atoms with van der Waals surface area (Å²) >= 11 is 2.30. The molecule has 0 spiro atoms. The Morgan fingerprint density at radius 2 is 2.45 bits per heavy atom. The summed E-state index contributed by atoms with van der Waals surface area (Å²) in [5.41, 5.74) is 0. The largest absolute Gasteiger partial charge is 0.352 e. The quantitative estimate of drug-likeness (QED) is 0.567. The highest BCUT2D eigenvalue weighted by atomic mass is 127. The van der Waals surface area contributed by atoms with Gasteiger partial charge in [0.2, 0.25) is 5.91 Å². The Labute approximate surface area is 81.0 Å². The van der Waals surface area contributed by atoms with E-state index >= 15 is 0 Å². The molecule has 1 atom stereocenters. The van der Waals surface area contributed by atoms with Crippen LogP contribution >= 0.6 is 22.9 Å². The van der Waals surface area contributed by atoms with E-state index in [0.29, 0.717) is 6.04 Å². The number of nitrogens with zero attached hydrogens (tertiary/aromatic N) is 1. The van der Waals surface area contributed by atoms with E-state index in [-0.39, 0.29) is 5.91 Å². The van der Waals surface area contributed by atoms with Crippen molar-refractivity contribution in [2.45, 2.75) is 25.8 Å². The van der Waals surface area contributed by atoms with Crippen molar-refractivity contribution in [2.75, 3.05) is 13.1 Å². The SMILES string of the molecule is CC(=O)NC1CCCN(I)C1. The van der Waals surface area contributed by atoms with E-state index in [1.807, 2.05) is 0 Å². The van der Waals surface area contributed by atoms with E-state index in [1.54, 1.807) is 6.92 Å². The van der Waals surface area contributed by atoms with Crippen molar-refractivity contribution in [2.24, 2.45) is 0 Å². The van der Waals surface area contributed by atoms with Crippen LogP contribution in [0.5, 0.6) is 0 Å². The van der Waals surface area contributed by atoms with Crippen molar-refractivity contribution in [1.29, 1.82) is 0 Å². The number of halogens is 1. The van der Waals surface area contributed by atoms with Gasteiger partial charge in [-0.1, -0.05) is 0 Å². The summed E-state index contributed by atoms with van der Waals surface area (Å²) in [5.74, 6) is 0.0849. The van der Waals surface area contributed by atoms with Crippen molar-refractivity contribution < 1.29 is 4.79 Å². The second kappa shape index (κ2) is 4.25. The average molecular weight is 268 g/mol. The Morgan fingerprint density at radius 1 is 1.73 bits per heavy atom. The minimum Gasteiger partial charge on any atom is -0.352 e. The zero-order chi connectivity index (χ0) is 8.27. The zero-order valence-corrected chi connectivity index (χ0v) is 8.80. The Balaban J connectivity index is 2.28. The third-order valence-electron chi connectivity index (χ3n) is 1.78. The standard InChI is InChI=1S/C7H13IN2O/c1-6(11)9-7-3-2-4-10(8)5-7/h7H,2-5H2,1H3,(H,9,11). The number of hydrogen-bond donors (Lipinski definition) is 1. The molecule has 1 saturated heterocycles. The van der Waals surface area contributed by atoms with Crippen molar-refractivity contribution in [1.82, 2.24) is 8.43 Å². The molecule has 0 aliphatic carbocycles. The summed E-state index contributed by atoms with van der Waals surface area (Å²) in [6.07, 6.45) is 2.31. The topological polar surface area (TPSA) is 32.3 Å². The predicted octanol–water partition coefficient (Wildman–Crippen LogP) is 0.937. The normalized spacial score (nSPS) is 26.5. The first-order valence-corrected chi connectivity index (χ1v) is 4.83. The van der Waals surface area contributed by atoms with Gasteiger partial charge >= 0.3 is 0 Å². The molecule has 1 amide bonds. The van der Waals surface area contributed by atoms with Crippen LogP contribution < -0.4 is 5.32 Å². The molecule has 1 aliphatic heterocycles. The van der Waals surface area contributed by atoms with Crippen LogP contribution in [0.2, 0.25) is 0 Å². The molecule has 1 aliphatic rings. The molecule has 1 N–H and O–H groups in total. The minimum atomic E-state index is 0.0849. The lowest BCUT2D eigenvalue weighted by molar-refractivity contribution is -0.119. The molecule has 1 unspecified atom stereocenters. The van der Waals surface area contributed by atoms with Gasteiger partial charge in [0.15, 0.2) is 0 Å². The highest BCUT2D eigenvalue weighted by Gasteiger charge is 2.17. The molecule has 64 valence electrons. The van der Waals surface area contributed by atoms with E-state index in [4.69, 9.17) is 0 Å². The molecular formula is C7H13IN2O. The molecule has 11 heavy (non-hydrogen) atoms. The van der Waals surface area contributed by atoms with E-state index < -0.39 is 0 Å². The molecule has 0 saturated carbocycles. The van der Waals surface area contributed by atoms with Crippen molar-refractivity contribution >= 4 is 28.8 Å². The maximum atomic E-state index is 10.7. The second-order valence-electron chi connectivity index (χ2n) is 2.91. The van der Waals surface area contributed by atoms with Crippen molar-refractivity contribution in [3.8, 4) is 0 Å². The Morgan fingerprint density at radius 3 is 3.00 bits per heavy atom. The molecule has 4 heteroatoms. The van der Waals surface area contributed by atoms with E-state index in [2.05, 4.69) is 31.3 Å². The number of nitrogens with one attached hydrogen (secondary N) is 1. The lowest BCUT2D eigenvalue weighted by Gasteiger charge is -2.28. The van der Waals surface area contributed by atoms with Gasteiger partial charge in [-0.05, 0) is 12.8 Å². The Bertz CT molecular complexity index is 151. The monoisotopic (exact) mass is 268 g/mol. The molecule has 3 nitrogen and oxygen atoms in total. The molecule has 0 aromatic heterocycles. The minimum absolute atomic E-state index is 0.0849. The summed E-state index contributed by atoms with van der Waals surface area (Å²) in [4.78, 5) is 10.7. The number of carbonyl (C=O) groups excluding carboxylic acids is 1. The van der Waals surface area contributed by atoms with Gasteiger partial charge in [-0.3, -0.25) is 4.79 Å². The van der Waals surface area contributed by atoms with Gasteiger partial charge in [-0.15, -0.1) is 0 Å². The molecular weight excluding hydrogens is 255 g/mol. The fourth-order valence-corrected chi connectivity index (χ4v) is 2.15. The van der Waals surface area contributed by atoms with Crippen LogP contribution in [0.15, 0.2) is 0 Å². The maximum Gasteiger partial charge on any atom is 0.217 e. The molecule has 1 rings (SSSR count). The number of rotatable bonds is 1. The van der Waals surface area contributed by atoms with Crippen LogP contribution in [0.1, 0.15) is 19.8 Å². The molecule has 0 radical (unpaired) electrons. The molecule has 1 heterocycles. The number of hydrogen-bond acceptors (Lipinski definition) is 2. The van der Waals surface area contributed by atoms with Crippen LogP contribution in [-0.4, -0.2) is 28.2 Å². The van der Waals surface area contributed by atoms with Crippen LogP contribution in [-0.2, 0) is 4.79 Å². The van der Waals surface area contributed by atoms with Crippen molar-refractivity contribution in [3.05, 3.63) is 0 Å². The van der Waals surface area contributed by atoms with E-state index in [0.717, 1.165) is 19.5 Å². The third-order valence-corrected chi connectivity index (χ3v) is 2.66. The van der Waals surface area contributed by atoms with Gasteiger partial charge in [0.25, 0.3) is 0 Å². The first-order chi connectivity index (χ1) is 5.18. The number of carbonyl (C=O) groups is 1. The van der Waals surface area contributed by atoms with Crippen LogP contribution in [0.3, 0.4) is 0 Å². The molecule has 1 fully saturated rings. The van der Waals surface area contributed by atoms with Gasteiger partial charge in [0, 0.05) is 48.9 Å². The van der Waals surface area contributed by atoms with Gasteiger partial charge in [-0.2, -0.15) is 0 Å². The fraction of sp³-hybridized carbons (Fsp3) is 0.857. The number of amides is 1. The number of piperidine rings is 1. The van der Waals surface area contributed by atoms with Gasteiger partial charge in [-0.25, -0.2) is 3.11 Å². The van der Waals surface area contributed by atoms with E-state index in [9.17, 15) is 4.79 Å². The second-order valence-corrected chi connectivity index (χ2v) is 4.27. The molecule has 0 aromatic carbocycles. The van der Waals surface area contributed by atoms with Gasteiger partial charge in [0.05, 0.1) is 0 Å². The molecule has 0 aromatic rings. The summed E-state index contributed by atoms with van der Waals surface area (Å²) < 4.78 is 2.22. The highest BCUT2D eigenvalue weighted by Crippen LogP contribution is 2.13. The smallest absolute Gasteiger partial charge is 0.217 e. The summed E-state index contributed by atoms with van der Waals surface area (Å²) in [6, 6.07) is 0.373. The average Bonchev–Trinajstić information content (AvgIpc) is 1.85. The first kappa shape index (κ1) is 9.25. The lowest BCUT2D eigenvalue weighted by Crippen LogP contribution is -2.43. The third kappa shape index (κ3) is 3.37. The first-order valence-electron chi connectivity index (χ1n) is 3.86. The highest BCUT2D eigenvalue weighted by molar-refractivity contribution is 14.1. The summed E-state index contributed by atoms with van der Waals surface area (Å²) in [7, 11) is 0. The van der Waals surface area contributed by atoms with Crippen LogP contribution in [0.25, 0.3) is 0 Å². The van der Waals surface area contributed by atoms with Gasteiger partial charge < -0.3 is 5.32 Å². The van der Waals surface area contributed by atoms with E-state index in [1.165, 1.54) is 6.42 Å². The molecule has 0 bridgehead atoms. The Hall–Kier alpha value is 0.160. The van der Waals surface area contributed by atoms with Crippen LogP contribution in [0.4, 0.5) is 0 Å². The zero-order valence-electron chi connectivity index (χ0n) is 6.64. The summed E-state index contributed by atoms with van der Waals surface area (Å²) in [6.45, 7) is 3.71.